The van der Waals surface area contributed by atoms with Crippen molar-refractivity contribution in [1.29, 1.82) is 0 Å². The minimum absolute atomic E-state index is 0.0144. The van der Waals surface area contributed by atoms with Crippen molar-refractivity contribution in [1.82, 2.24) is 5.32 Å². The summed E-state index contributed by atoms with van der Waals surface area (Å²) in [5.41, 5.74) is -0.0144. The highest BCUT2D eigenvalue weighted by Gasteiger charge is 2.06. The van der Waals surface area contributed by atoms with E-state index in [-0.39, 0.29) is 18.2 Å². The van der Waals surface area contributed by atoms with Crippen LogP contribution in [0.15, 0.2) is 41.8 Å². The molecule has 2 aromatic rings. The molecular formula is C13H12N2O4S. The SMILES string of the molecule is O=C(COc1ccc([N+](=O)[O-])cc1)NCc1cccs1. The molecule has 0 saturated heterocycles. The van der Waals surface area contributed by atoms with Crippen molar-refractivity contribution in [2.24, 2.45) is 0 Å². The van der Waals surface area contributed by atoms with Gasteiger partial charge < -0.3 is 10.1 Å². The van der Waals surface area contributed by atoms with E-state index >= 15 is 0 Å². The normalized spacial score (nSPS) is 10.0. The Morgan fingerprint density at radius 1 is 1.30 bits per heavy atom. The van der Waals surface area contributed by atoms with Crippen LogP contribution in [0.3, 0.4) is 0 Å². The molecule has 20 heavy (non-hydrogen) atoms. The van der Waals surface area contributed by atoms with Gasteiger partial charge >= 0.3 is 0 Å². The second-order valence-corrected chi connectivity index (χ2v) is 4.93. The maximum Gasteiger partial charge on any atom is 0.269 e. The van der Waals surface area contributed by atoms with Crippen LogP contribution in [-0.4, -0.2) is 17.4 Å². The van der Waals surface area contributed by atoms with Crippen molar-refractivity contribution >= 4 is 22.9 Å². The van der Waals surface area contributed by atoms with E-state index in [1.54, 1.807) is 11.3 Å². The highest BCUT2D eigenvalue weighted by atomic mass is 32.1. The quantitative estimate of drug-likeness (QED) is 0.654. The lowest BCUT2D eigenvalue weighted by molar-refractivity contribution is -0.384. The monoisotopic (exact) mass is 292 g/mol. The van der Waals surface area contributed by atoms with E-state index in [2.05, 4.69) is 5.32 Å². The van der Waals surface area contributed by atoms with E-state index in [9.17, 15) is 14.9 Å². The fraction of sp³-hybridized carbons (Fsp3) is 0.154. The van der Waals surface area contributed by atoms with Crippen LogP contribution in [0.4, 0.5) is 5.69 Å². The standard InChI is InChI=1S/C13H12N2O4S/c16-13(14-8-12-2-1-7-20-12)9-19-11-5-3-10(4-6-11)15(17)18/h1-7H,8-9H2,(H,14,16). The third-order valence-electron chi connectivity index (χ3n) is 2.46. The highest BCUT2D eigenvalue weighted by Crippen LogP contribution is 2.17. The summed E-state index contributed by atoms with van der Waals surface area (Å²) in [6.07, 6.45) is 0. The number of nitrogens with zero attached hydrogens (tertiary/aromatic N) is 1. The lowest BCUT2D eigenvalue weighted by Crippen LogP contribution is -2.28. The highest BCUT2D eigenvalue weighted by molar-refractivity contribution is 7.09. The van der Waals surface area contributed by atoms with Gasteiger partial charge in [-0.05, 0) is 23.6 Å². The molecule has 7 heteroatoms. The molecule has 0 bridgehead atoms. The summed E-state index contributed by atoms with van der Waals surface area (Å²) in [6, 6.07) is 9.44. The summed E-state index contributed by atoms with van der Waals surface area (Å²) < 4.78 is 5.24. The summed E-state index contributed by atoms with van der Waals surface area (Å²) in [6.45, 7) is 0.351. The minimum atomic E-state index is -0.489. The molecule has 2 rings (SSSR count). The lowest BCUT2D eigenvalue weighted by Gasteiger charge is -2.06. The number of nitro benzene ring substituents is 1. The number of nitro groups is 1. The van der Waals surface area contributed by atoms with E-state index in [1.807, 2.05) is 17.5 Å². The van der Waals surface area contributed by atoms with Gasteiger partial charge in [0.1, 0.15) is 5.75 Å². The molecule has 104 valence electrons. The molecule has 0 spiro atoms. The van der Waals surface area contributed by atoms with E-state index in [1.165, 1.54) is 24.3 Å². The molecule has 0 fully saturated rings. The summed E-state index contributed by atoms with van der Waals surface area (Å²) in [7, 11) is 0. The van der Waals surface area contributed by atoms with Crippen LogP contribution in [0.1, 0.15) is 4.88 Å². The van der Waals surface area contributed by atoms with Gasteiger partial charge in [-0.3, -0.25) is 14.9 Å². The minimum Gasteiger partial charge on any atom is -0.484 e. The smallest absolute Gasteiger partial charge is 0.269 e. The molecule has 0 saturated carbocycles. The number of benzene rings is 1. The molecule has 0 unspecified atom stereocenters. The number of amides is 1. The molecule has 0 aliphatic carbocycles. The summed E-state index contributed by atoms with van der Waals surface area (Å²) >= 11 is 1.56. The van der Waals surface area contributed by atoms with E-state index in [4.69, 9.17) is 4.74 Å². The Morgan fingerprint density at radius 2 is 2.05 bits per heavy atom. The van der Waals surface area contributed by atoms with Crippen LogP contribution in [-0.2, 0) is 11.3 Å². The van der Waals surface area contributed by atoms with Crippen LogP contribution in [0.2, 0.25) is 0 Å². The van der Waals surface area contributed by atoms with Gasteiger partial charge in [0.2, 0.25) is 0 Å². The maximum atomic E-state index is 11.5. The van der Waals surface area contributed by atoms with Crippen molar-refractivity contribution in [2.75, 3.05) is 6.61 Å². The Balaban J connectivity index is 1.76. The average Bonchev–Trinajstić information content (AvgIpc) is 2.96. The van der Waals surface area contributed by atoms with Crippen molar-refractivity contribution in [3.8, 4) is 5.75 Å². The average molecular weight is 292 g/mol. The van der Waals surface area contributed by atoms with Crippen molar-refractivity contribution in [3.05, 3.63) is 56.8 Å². The van der Waals surface area contributed by atoms with Crippen LogP contribution in [0.25, 0.3) is 0 Å². The molecule has 1 aromatic carbocycles. The number of hydrogen-bond acceptors (Lipinski definition) is 5. The predicted molar refractivity (Wildman–Crippen MR) is 74.8 cm³/mol. The number of ether oxygens (including phenoxy) is 1. The number of hydrogen-bond donors (Lipinski definition) is 1. The lowest BCUT2D eigenvalue weighted by atomic mass is 10.3. The van der Waals surface area contributed by atoms with Crippen molar-refractivity contribution in [2.45, 2.75) is 6.54 Å². The molecule has 1 heterocycles. The number of thiophene rings is 1. The number of rotatable bonds is 6. The molecule has 0 aliphatic rings. The first-order chi connectivity index (χ1) is 9.65. The zero-order valence-corrected chi connectivity index (χ0v) is 11.3. The van der Waals surface area contributed by atoms with Gasteiger partial charge in [0.05, 0.1) is 11.5 Å². The summed E-state index contributed by atoms with van der Waals surface area (Å²) in [5, 5.41) is 15.1. The largest absolute Gasteiger partial charge is 0.484 e. The number of carbonyl (C=O) groups is 1. The molecule has 0 atom stereocenters. The molecule has 0 radical (unpaired) electrons. The first kappa shape index (κ1) is 14.0. The molecule has 0 aliphatic heterocycles. The van der Waals surface area contributed by atoms with E-state index < -0.39 is 4.92 Å². The second-order valence-electron chi connectivity index (χ2n) is 3.90. The Kier molecular flexibility index (Phi) is 4.67. The molecular weight excluding hydrogens is 280 g/mol. The Bertz CT molecular complexity index is 581. The first-order valence-corrected chi connectivity index (χ1v) is 6.69. The predicted octanol–water partition coefficient (Wildman–Crippen LogP) is 2.35. The van der Waals surface area contributed by atoms with E-state index in [0.717, 1.165) is 4.88 Å². The zero-order chi connectivity index (χ0) is 14.4. The molecule has 1 N–H and O–H groups in total. The number of nitrogens with one attached hydrogen (secondary N) is 1. The Hall–Kier alpha value is -2.41. The molecule has 1 aromatic heterocycles. The van der Waals surface area contributed by atoms with Crippen LogP contribution in [0, 0.1) is 10.1 Å². The number of non-ortho nitro benzene ring substituents is 1. The van der Waals surface area contributed by atoms with Gasteiger partial charge in [0, 0.05) is 17.0 Å². The van der Waals surface area contributed by atoms with Crippen LogP contribution >= 0.6 is 11.3 Å². The summed E-state index contributed by atoms with van der Waals surface area (Å²) in [4.78, 5) is 22.6. The number of carbonyl (C=O) groups excluding carboxylic acids is 1. The van der Waals surface area contributed by atoms with Gasteiger partial charge in [-0.2, -0.15) is 0 Å². The Labute approximate surface area is 119 Å². The topological polar surface area (TPSA) is 81.5 Å². The van der Waals surface area contributed by atoms with Crippen LogP contribution < -0.4 is 10.1 Å². The zero-order valence-electron chi connectivity index (χ0n) is 10.4. The van der Waals surface area contributed by atoms with Gasteiger partial charge in [-0.1, -0.05) is 6.07 Å². The van der Waals surface area contributed by atoms with Crippen molar-refractivity contribution in [3.63, 3.8) is 0 Å². The third kappa shape index (κ3) is 4.06. The second kappa shape index (κ2) is 6.67. The van der Waals surface area contributed by atoms with Gasteiger partial charge in [0.15, 0.2) is 6.61 Å². The van der Waals surface area contributed by atoms with Gasteiger partial charge in [-0.15, -0.1) is 11.3 Å². The van der Waals surface area contributed by atoms with Crippen LogP contribution in [0.5, 0.6) is 5.75 Å². The molecule has 1 amide bonds. The van der Waals surface area contributed by atoms with E-state index in [0.29, 0.717) is 12.3 Å². The van der Waals surface area contributed by atoms with Gasteiger partial charge in [0.25, 0.3) is 11.6 Å². The third-order valence-corrected chi connectivity index (χ3v) is 3.33. The first-order valence-electron chi connectivity index (χ1n) is 5.81. The van der Waals surface area contributed by atoms with Gasteiger partial charge in [-0.25, -0.2) is 0 Å². The Morgan fingerprint density at radius 3 is 2.65 bits per heavy atom. The fourth-order valence-corrected chi connectivity index (χ4v) is 2.11. The fourth-order valence-electron chi connectivity index (χ4n) is 1.46. The molecule has 6 nitrogen and oxygen atoms in total. The maximum absolute atomic E-state index is 11.5. The summed E-state index contributed by atoms with van der Waals surface area (Å²) in [5.74, 6) is 0.179. The van der Waals surface area contributed by atoms with Crippen molar-refractivity contribution < 1.29 is 14.5 Å².